The molecule has 0 fully saturated rings. The van der Waals surface area contributed by atoms with Crippen molar-refractivity contribution in [2.75, 3.05) is 20.3 Å². The van der Waals surface area contributed by atoms with E-state index in [0.717, 1.165) is 10.6 Å². The first kappa shape index (κ1) is 23.0. The highest BCUT2D eigenvalue weighted by atomic mass is 35.5. The zero-order valence-electron chi connectivity index (χ0n) is 17.3. The Kier molecular flexibility index (Phi) is 8.72. The number of aromatic nitrogens is 1. The molecule has 2 rings (SSSR count). The number of halogens is 1. The molecule has 0 bridgehead atoms. The first-order valence-corrected chi connectivity index (χ1v) is 10.6. The predicted octanol–water partition coefficient (Wildman–Crippen LogP) is 4.11. The van der Waals surface area contributed by atoms with Crippen LogP contribution in [0.3, 0.4) is 0 Å². The minimum atomic E-state index is -0.337. The highest BCUT2D eigenvalue weighted by molar-refractivity contribution is 7.13. The normalized spacial score (nSPS) is 12.4. The first-order valence-electron chi connectivity index (χ1n) is 9.41. The van der Waals surface area contributed by atoms with E-state index in [9.17, 15) is 4.79 Å². The molecule has 29 heavy (non-hydrogen) atoms. The molecular weight excluding hydrogens is 412 g/mol. The molecule has 1 atom stereocenters. The Labute approximate surface area is 180 Å². The third-order valence-electron chi connectivity index (χ3n) is 4.00. The maximum absolute atomic E-state index is 12.0. The van der Waals surface area contributed by atoms with Gasteiger partial charge in [-0.25, -0.2) is 14.8 Å². The molecule has 0 aliphatic heterocycles. The fourth-order valence-corrected chi connectivity index (χ4v) is 3.71. The number of thiazole rings is 1. The Morgan fingerprint density at radius 3 is 2.79 bits per heavy atom. The van der Waals surface area contributed by atoms with Crippen LogP contribution in [-0.2, 0) is 11.3 Å². The van der Waals surface area contributed by atoms with E-state index in [4.69, 9.17) is 21.1 Å². The molecule has 0 amide bonds. The summed E-state index contributed by atoms with van der Waals surface area (Å²) in [5.41, 5.74) is 1.60. The average molecular weight is 439 g/mol. The molecule has 0 saturated heterocycles. The van der Waals surface area contributed by atoms with Crippen molar-refractivity contribution in [2.45, 2.75) is 40.3 Å². The lowest BCUT2D eigenvalue weighted by atomic mass is 10.2. The number of nitrogens with one attached hydrogen (secondary N) is 2. The van der Waals surface area contributed by atoms with Gasteiger partial charge in [0.1, 0.15) is 15.6 Å². The summed E-state index contributed by atoms with van der Waals surface area (Å²) in [7, 11) is 1.61. The number of guanidine groups is 1. The monoisotopic (exact) mass is 438 g/mol. The van der Waals surface area contributed by atoms with E-state index in [1.165, 1.54) is 11.3 Å². The van der Waals surface area contributed by atoms with Crippen LogP contribution in [0.2, 0.25) is 5.02 Å². The molecular formula is C20H27ClN4O3S. The number of rotatable bonds is 8. The largest absolute Gasteiger partial charge is 0.496 e. The number of nitrogens with zero attached hydrogens (tertiary/aromatic N) is 2. The van der Waals surface area contributed by atoms with Crippen LogP contribution in [-0.4, -0.2) is 37.2 Å². The molecule has 0 saturated carbocycles. The van der Waals surface area contributed by atoms with Gasteiger partial charge in [0.15, 0.2) is 5.96 Å². The Balaban J connectivity index is 2.15. The number of carbonyl (C=O) groups is 1. The van der Waals surface area contributed by atoms with Gasteiger partial charge in [-0.15, -0.1) is 11.3 Å². The lowest BCUT2D eigenvalue weighted by molar-refractivity contribution is 0.0531. The summed E-state index contributed by atoms with van der Waals surface area (Å²) in [6, 6.07) is 5.34. The molecule has 1 aromatic carbocycles. The molecule has 9 heteroatoms. The molecule has 0 aliphatic carbocycles. The second-order valence-corrected chi connectivity index (χ2v) is 7.67. The molecule has 1 unspecified atom stereocenters. The number of carbonyl (C=O) groups excluding carboxylic acids is 1. The second-order valence-electron chi connectivity index (χ2n) is 6.20. The Bertz CT molecular complexity index is 869. The summed E-state index contributed by atoms with van der Waals surface area (Å²) in [4.78, 5) is 21.7. The molecule has 0 radical (unpaired) electrons. The summed E-state index contributed by atoms with van der Waals surface area (Å²) >= 11 is 7.35. The smallest absolute Gasteiger partial charge is 0.350 e. The van der Waals surface area contributed by atoms with Gasteiger partial charge in [-0.05, 0) is 39.8 Å². The molecule has 2 N–H and O–H groups in total. The van der Waals surface area contributed by atoms with Gasteiger partial charge in [0.25, 0.3) is 0 Å². The highest BCUT2D eigenvalue weighted by Gasteiger charge is 2.20. The number of benzene rings is 1. The SMILES string of the molecule is CCNC(=NCc1ccc(Cl)cc1OC)NC(C)c1nc(C)c(C(=O)OCC)s1. The predicted molar refractivity (Wildman–Crippen MR) is 117 cm³/mol. The van der Waals surface area contributed by atoms with Crippen molar-refractivity contribution >= 4 is 34.9 Å². The quantitative estimate of drug-likeness (QED) is 0.366. The third-order valence-corrected chi connectivity index (χ3v) is 5.55. The van der Waals surface area contributed by atoms with Crippen molar-refractivity contribution in [3.8, 4) is 5.75 Å². The number of hydrogen-bond donors (Lipinski definition) is 2. The molecule has 1 aromatic heterocycles. The molecule has 0 spiro atoms. The van der Waals surface area contributed by atoms with Crippen LogP contribution in [0.4, 0.5) is 0 Å². The summed E-state index contributed by atoms with van der Waals surface area (Å²) in [5, 5.41) is 7.96. The van der Waals surface area contributed by atoms with E-state index in [1.807, 2.05) is 32.9 Å². The van der Waals surface area contributed by atoms with Crippen molar-refractivity contribution in [3.05, 3.63) is 44.4 Å². The Morgan fingerprint density at radius 1 is 1.38 bits per heavy atom. The van der Waals surface area contributed by atoms with E-state index in [1.54, 1.807) is 20.1 Å². The van der Waals surface area contributed by atoms with E-state index in [2.05, 4.69) is 20.6 Å². The van der Waals surface area contributed by atoms with Gasteiger partial charge in [-0.3, -0.25) is 0 Å². The molecule has 158 valence electrons. The van der Waals surface area contributed by atoms with Gasteiger partial charge in [0.05, 0.1) is 32.0 Å². The Morgan fingerprint density at radius 2 is 2.14 bits per heavy atom. The lowest BCUT2D eigenvalue weighted by Crippen LogP contribution is -2.38. The maximum atomic E-state index is 12.0. The zero-order valence-corrected chi connectivity index (χ0v) is 18.9. The van der Waals surface area contributed by atoms with Gasteiger partial charge in [-0.1, -0.05) is 17.7 Å². The highest BCUT2D eigenvalue weighted by Crippen LogP contribution is 2.25. The number of ether oxygens (including phenoxy) is 2. The van der Waals surface area contributed by atoms with Crippen molar-refractivity contribution in [1.29, 1.82) is 0 Å². The van der Waals surface area contributed by atoms with Crippen LogP contribution < -0.4 is 15.4 Å². The van der Waals surface area contributed by atoms with Crippen molar-refractivity contribution < 1.29 is 14.3 Å². The van der Waals surface area contributed by atoms with E-state index >= 15 is 0 Å². The van der Waals surface area contributed by atoms with Crippen molar-refractivity contribution in [3.63, 3.8) is 0 Å². The van der Waals surface area contributed by atoms with Gasteiger partial charge in [0, 0.05) is 17.1 Å². The number of esters is 1. The number of hydrogen-bond acceptors (Lipinski definition) is 6. The molecule has 7 nitrogen and oxygen atoms in total. The van der Waals surface area contributed by atoms with Crippen LogP contribution in [0.1, 0.15) is 52.7 Å². The summed E-state index contributed by atoms with van der Waals surface area (Å²) in [6.45, 7) is 9.04. The molecule has 2 aromatic rings. The summed E-state index contributed by atoms with van der Waals surface area (Å²) in [6.07, 6.45) is 0. The van der Waals surface area contributed by atoms with Gasteiger partial charge >= 0.3 is 5.97 Å². The third kappa shape index (κ3) is 6.33. The first-order chi connectivity index (χ1) is 13.9. The van der Waals surface area contributed by atoms with Crippen LogP contribution in [0, 0.1) is 6.92 Å². The van der Waals surface area contributed by atoms with E-state index in [0.29, 0.717) is 47.0 Å². The Hall–Kier alpha value is -2.32. The van der Waals surface area contributed by atoms with Crippen LogP contribution in [0.25, 0.3) is 0 Å². The maximum Gasteiger partial charge on any atom is 0.350 e. The fraction of sp³-hybridized carbons (Fsp3) is 0.450. The minimum Gasteiger partial charge on any atom is -0.496 e. The molecule has 1 heterocycles. The lowest BCUT2D eigenvalue weighted by Gasteiger charge is -2.16. The number of aliphatic imine (C=N–C) groups is 1. The van der Waals surface area contributed by atoms with Crippen LogP contribution in [0.15, 0.2) is 23.2 Å². The van der Waals surface area contributed by atoms with Crippen molar-refractivity contribution in [2.24, 2.45) is 4.99 Å². The van der Waals surface area contributed by atoms with Gasteiger partial charge in [0.2, 0.25) is 0 Å². The van der Waals surface area contributed by atoms with Crippen LogP contribution >= 0.6 is 22.9 Å². The van der Waals surface area contributed by atoms with Crippen LogP contribution in [0.5, 0.6) is 5.75 Å². The molecule has 0 aliphatic rings. The average Bonchev–Trinajstić information content (AvgIpc) is 3.09. The number of methoxy groups -OCH3 is 1. The number of aryl methyl sites for hydroxylation is 1. The minimum absolute atomic E-state index is 0.133. The second kappa shape index (κ2) is 11.0. The van der Waals surface area contributed by atoms with Crippen molar-refractivity contribution in [1.82, 2.24) is 15.6 Å². The van der Waals surface area contributed by atoms with Gasteiger partial charge in [-0.2, -0.15) is 0 Å². The summed E-state index contributed by atoms with van der Waals surface area (Å²) < 4.78 is 10.5. The zero-order chi connectivity index (χ0) is 21.4. The van der Waals surface area contributed by atoms with E-state index < -0.39 is 0 Å². The topological polar surface area (TPSA) is 84.8 Å². The fourth-order valence-electron chi connectivity index (χ4n) is 2.59. The van der Waals surface area contributed by atoms with Gasteiger partial charge < -0.3 is 20.1 Å². The summed E-state index contributed by atoms with van der Waals surface area (Å²) in [5.74, 6) is 0.999. The van der Waals surface area contributed by atoms with E-state index in [-0.39, 0.29) is 12.0 Å². The standard InChI is InChI=1S/C20H27ClN4O3S/c1-6-22-20(23-11-14-8-9-15(21)10-16(14)27-5)25-13(4)18-24-12(3)17(29-18)19(26)28-7-2/h8-10,13H,6-7,11H2,1-5H3,(H2,22,23,25).